The number of hydrogen-bond acceptors (Lipinski definition) is 5. The molecule has 2 aromatic rings. The van der Waals surface area contributed by atoms with E-state index in [1.807, 2.05) is 20.8 Å². The van der Waals surface area contributed by atoms with E-state index in [2.05, 4.69) is 16.2 Å². The molecule has 0 atom stereocenters. The number of carbonyl (C=O) groups excluding carboxylic acids is 3. The number of thiophene rings is 1. The molecule has 7 nitrogen and oxygen atoms in total. The van der Waals surface area contributed by atoms with Crippen molar-refractivity contribution < 1.29 is 18.8 Å². The van der Waals surface area contributed by atoms with Crippen molar-refractivity contribution in [3.8, 4) is 0 Å². The zero-order valence-electron chi connectivity index (χ0n) is 14.8. The molecule has 0 aromatic carbocycles. The summed E-state index contributed by atoms with van der Waals surface area (Å²) < 4.78 is 5.05. The first-order chi connectivity index (χ1) is 11.6. The minimum absolute atomic E-state index is 0.135. The summed E-state index contributed by atoms with van der Waals surface area (Å²) in [5.74, 6) is -0.584. The van der Waals surface area contributed by atoms with Crippen LogP contribution in [0.1, 0.15) is 52.1 Å². The van der Waals surface area contributed by atoms with Crippen molar-refractivity contribution in [2.75, 3.05) is 5.32 Å². The van der Waals surface area contributed by atoms with Crippen molar-refractivity contribution in [3.63, 3.8) is 0 Å². The number of hydrazine groups is 1. The number of amides is 3. The normalized spacial score (nSPS) is 11.1. The molecule has 0 aliphatic heterocycles. The Kier molecular flexibility index (Phi) is 5.32. The molecule has 0 saturated heterocycles. The first kappa shape index (κ1) is 18.7. The first-order valence-electron chi connectivity index (χ1n) is 7.66. The number of rotatable bonds is 3. The summed E-state index contributed by atoms with van der Waals surface area (Å²) in [5.41, 5.74) is 5.24. The maximum atomic E-state index is 12.3. The molecule has 0 radical (unpaired) electrons. The lowest BCUT2D eigenvalue weighted by Crippen LogP contribution is -2.41. The third-order valence-electron chi connectivity index (χ3n) is 3.43. The number of aryl methyl sites for hydroxylation is 2. The van der Waals surface area contributed by atoms with E-state index in [1.165, 1.54) is 12.3 Å². The van der Waals surface area contributed by atoms with Gasteiger partial charge in [0.25, 0.3) is 11.8 Å². The fourth-order valence-corrected chi connectivity index (χ4v) is 2.89. The quantitative estimate of drug-likeness (QED) is 0.730. The predicted molar refractivity (Wildman–Crippen MR) is 95.5 cm³/mol. The molecule has 3 N–H and O–H groups in total. The SMILES string of the molecule is Cc1cc(NC(=O)C(C)(C)C)sc1C(=O)NNC(=O)c1ccoc1C. The predicted octanol–water partition coefficient (Wildman–Crippen LogP) is 3.02. The van der Waals surface area contributed by atoms with Crippen LogP contribution < -0.4 is 16.2 Å². The van der Waals surface area contributed by atoms with E-state index in [0.717, 1.165) is 11.3 Å². The van der Waals surface area contributed by atoms with Gasteiger partial charge >= 0.3 is 0 Å². The van der Waals surface area contributed by atoms with Crippen LogP contribution >= 0.6 is 11.3 Å². The summed E-state index contributed by atoms with van der Waals surface area (Å²) in [4.78, 5) is 36.7. The van der Waals surface area contributed by atoms with Crippen LogP contribution in [0.5, 0.6) is 0 Å². The standard InChI is InChI=1S/C17H21N3O4S/c1-9-8-12(18-16(23)17(3,4)5)25-13(9)15(22)20-19-14(21)11-6-7-24-10(11)2/h6-8H,1-5H3,(H,18,23)(H,19,21)(H,20,22). The van der Waals surface area contributed by atoms with Gasteiger partial charge in [-0.2, -0.15) is 0 Å². The Morgan fingerprint density at radius 1 is 1.08 bits per heavy atom. The number of nitrogens with one attached hydrogen (secondary N) is 3. The molecular formula is C17H21N3O4S. The second-order valence-electron chi connectivity index (χ2n) is 6.63. The summed E-state index contributed by atoms with van der Waals surface area (Å²) in [6, 6.07) is 3.25. The largest absolute Gasteiger partial charge is 0.469 e. The number of hydrogen-bond donors (Lipinski definition) is 3. The minimum Gasteiger partial charge on any atom is -0.469 e. The Morgan fingerprint density at radius 3 is 2.28 bits per heavy atom. The maximum absolute atomic E-state index is 12.3. The molecule has 2 aromatic heterocycles. The van der Waals surface area contributed by atoms with Crippen LogP contribution in [-0.2, 0) is 4.79 Å². The van der Waals surface area contributed by atoms with Gasteiger partial charge in [0.05, 0.1) is 21.7 Å². The zero-order chi connectivity index (χ0) is 18.8. The Bertz CT molecular complexity index is 814. The van der Waals surface area contributed by atoms with Gasteiger partial charge in [0.15, 0.2) is 0 Å². The van der Waals surface area contributed by atoms with Gasteiger partial charge in [0.2, 0.25) is 5.91 Å². The van der Waals surface area contributed by atoms with Gasteiger partial charge in [-0.05, 0) is 31.5 Å². The molecule has 3 amide bonds. The van der Waals surface area contributed by atoms with Crippen LogP contribution in [0.3, 0.4) is 0 Å². The van der Waals surface area contributed by atoms with Crippen LogP contribution in [0.4, 0.5) is 5.00 Å². The molecule has 0 aliphatic carbocycles. The molecule has 0 saturated carbocycles. The van der Waals surface area contributed by atoms with Gasteiger partial charge in [-0.1, -0.05) is 20.8 Å². The van der Waals surface area contributed by atoms with Gasteiger partial charge in [-0.3, -0.25) is 25.2 Å². The van der Waals surface area contributed by atoms with Crippen LogP contribution in [0, 0.1) is 19.3 Å². The summed E-state index contributed by atoms with van der Waals surface area (Å²) in [6.45, 7) is 8.85. The van der Waals surface area contributed by atoms with E-state index < -0.39 is 17.2 Å². The molecule has 134 valence electrons. The van der Waals surface area contributed by atoms with Crippen LogP contribution in [-0.4, -0.2) is 17.7 Å². The fraction of sp³-hybridized carbons (Fsp3) is 0.353. The molecular weight excluding hydrogens is 342 g/mol. The van der Waals surface area contributed by atoms with Gasteiger partial charge < -0.3 is 9.73 Å². The summed E-state index contributed by atoms with van der Waals surface area (Å²) in [6.07, 6.45) is 1.40. The maximum Gasteiger partial charge on any atom is 0.280 e. The van der Waals surface area contributed by atoms with Crippen molar-refractivity contribution in [2.24, 2.45) is 5.41 Å². The zero-order valence-corrected chi connectivity index (χ0v) is 15.6. The Balaban J connectivity index is 2.01. The Labute approximate surface area is 149 Å². The molecule has 8 heteroatoms. The van der Waals surface area contributed by atoms with Crippen molar-refractivity contribution in [3.05, 3.63) is 40.2 Å². The monoisotopic (exact) mass is 363 g/mol. The van der Waals surface area contributed by atoms with E-state index in [9.17, 15) is 14.4 Å². The van der Waals surface area contributed by atoms with E-state index in [0.29, 0.717) is 26.8 Å². The topological polar surface area (TPSA) is 100 Å². The third kappa shape index (κ3) is 4.48. The number of furan rings is 1. The second-order valence-corrected chi connectivity index (χ2v) is 7.68. The molecule has 0 unspecified atom stereocenters. The number of anilines is 1. The van der Waals surface area contributed by atoms with Gasteiger partial charge in [0, 0.05) is 5.41 Å². The van der Waals surface area contributed by atoms with E-state index >= 15 is 0 Å². The van der Waals surface area contributed by atoms with Crippen LogP contribution in [0.15, 0.2) is 22.8 Å². The highest BCUT2D eigenvalue weighted by molar-refractivity contribution is 7.18. The molecule has 25 heavy (non-hydrogen) atoms. The van der Waals surface area contributed by atoms with Crippen molar-refractivity contribution in [1.82, 2.24) is 10.9 Å². The molecule has 0 spiro atoms. The lowest BCUT2D eigenvalue weighted by Gasteiger charge is -2.16. The summed E-state index contributed by atoms with van der Waals surface area (Å²) in [7, 11) is 0. The van der Waals surface area contributed by atoms with Gasteiger partial charge in [0.1, 0.15) is 5.76 Å². The van der Waals surface area contributed by atoms with Crippen LogP contribution in [0.2, 0.25) is 0 Å². The second kappa shape index (κ2) is 7.10. The van der Waals surface area contributed by atoms with E-state index in [1.54, 1.807) is 19.9 Å². The van der Waals surface area contributed by atoms with E-state index in [-0.39, 0.29) is 5.91 Å². The smallest absolute Gasteiger partial charge is 0.280 e. The number of carbonyl (C=O) groups is 3. The van der Waals surface area contributed by atoms with Crippen LogP contribution in [0.25, 0.3) is 0 Å². The lowest BCUT2D eigenvalue weighted by molar-refractivity contribution is -0.123. The molecule has 0 bridgehead atoms. The average molecular weight is 363 g/mol. The first-order valence-corrected chi connectivity index (χ1v) is 8.48. The van der Waals surface area contributed by atoms with Gasteiger partial charge in [-0.25, -0.2) is 0 Å². The summed E-state index contributed by atoms with van der Waals surface area (Å²) >= 11 is 1.15. The van der Waals surface area contributed by atoms with E-state index in [4.69, 9.17) is 4.42 Å². The highest BCUT2D eigenvalue weighted by Gasteiger charge is 2.23. The van der Waals surface area contributed by atoms with Gasteiger partial charge in [-0.15, -0.1) is 11.3 Å². The minimum atomic E-state index is -0.531. The average Bonchev–Trinajstić information content (AvgIpc) is 3.09. The molecule has 0 fully saturated rings. The molecule has 2 heterocycles. The van der Waals surface area contributed by atoms with Crippen molar-refractivity contribution in [2.45, 2.75) is 34.6 Å². The Hall–Kier alpha value is -2.61. The molecule has 2 rings (SSSR count). The molecule has 0 aliphatic rings. The van der Waals surface area contributed by atoms with Crippen molar-refractivity contribution in [1.29, 1.82) is 0 Å². The highest BCUT2D eigenvalue weighted by Crippen LogP contribution is 2.28. The fourth-order valence-electron chi connectivity index (χ4n) is 1.93. The Morgan fingerprint density at radius 2 is 1.72 bits per heavy atom. The lowest BCUT2D eigenvalue weighted by atomic mass is 9.96. The highest BCUT2D eigenvalue weighted by atomic mass is 32.1. The summed E-state index contributed by atoms with van der Waals surface area (Å²) in [5, 5.41) is 3.38. The van der Waals surface area contributed by atoms with Crippen molar-refractivity contribution >= 4 is 34.1 Å². The third-order valence-corrected chi connectivity index (χ3v) is 4.59.